The van der Waals surface area contributed by atoms with Crippen molar-refractivity contribution in [3.63, 3.8) is 0 Å². The summed E-state index contributed by atoms with van der Waals surface area (Å²) in [5.74, 6) is 0.110. The normalized spacial score (nSPS) is 14.1. The van der Waals surface area contributed by atoms with Crippen molar-refractivity contribution in [2.24, 2.45) is 0 Å². The van der Waals surface area contributed by atoms with E-state index >= 15 is 0 Å². The monoisotopic (exact) mass is 518 g/mol. The molecule has 0 radical (unpaired) electrons. The summed E-state index contributed by atoms with van der Waals surface area (Å²) in [6, 6.07) is 14.7. The Hall–Kier alpha value is -4.25. The van der Waals surface area contributed by atoms with Gasteiger partial charge in [-0.1, -0.05) is 19.1 Å². The van der Waals surface area contributed by atoms with Gasteiger partial charge in [0.15, 0.2) is 0 Å². The third-order valence-electron chi connectivity index (χ3n) is 6.36. The van der Waals surface area contributed by atoms with Crippen molar-refractivity contribution in [2.45, 2.75) is 18.2 Å². The van der Waals surface area contributed by atoms with Gasteiger partial charge in [-0.25, -0.2) is 28.2 Å². The minimum Gasteiger partial charge on any atom is -0.478 e. The van der Waals surface area contributed by atoms with E-state index in [1.54, 1.807) is 60.9 Å². The van der Waals surface area contributed by atoms with Gasteiger partial charge in [0.1, 0.15) is 5.82 Å². The highest BCUT2D eigenvalue weighted by molar-refractivity contribution is 7.92. The van der Waals surface area contributed by atoms with E-state index in [0.717, 1.165) is 12.0 Å². The number of piperazine rings is 1. The maximum absolute atomic E-state index is 12.9. The molecule has 11 heteroatoms. The first kappa shape index (κ1) is 24.4. The Bertz CT molecular complexity index is 1540. The lowest BCUT2D eigenvalue weighted by atomic mass is 10.1. The summed E-state index contributed by atoms with van der Waals surface area (Å²) >= 11 is 0. The average Bonchev–Trinajstić information content (AvgIpc) is 2.93. The van der Waals surface area contributed by atoms with Crippen molar-refractivity contribution in [2.75, 3.05) is 40.7 Å². The number of hydrogen-bond acceptors (Lipinski definition) is 8. The van der Waals surface area contributed by atoms with E-state index in [0.29, 0.717) is 48.8 Å². The maximum atomic E-state index is 12.9. The summed E-state index contributed by atoms with van der Waals surface area (Å²) in [6.07, 6.45) is 4.22. The van der Waals surface area contributed by atoms with Gasteiger partial charge in [0.25, 0.3) is 10.0 Å². The van der Waals surface area contributed by atoms with Gasteiger partial charge in [-0.3, -0.25) is 4.72 Å². The summed E-state index contributed by atoms with van der Waals surface area (Å²) in [5, 5.41) is 10.3. The molecule has 0 amide bonds. The molecule has 5 rings (SSSR count). The van der Waals surface area contributed by atoms with Crippen LogP contribution in [-0.2, 0) is 16.4 Å². The van der Waals surface area contributed by atoms with Gasteiger partial charge in [-0.15, -0.1) is 0 Å². The van der Waals surface area contributed by atoms with Crippen LogP contribution in [0.25, 0.3) is 10.9 Å². The number of nitrogens with zero attached hydrogens (tertiary/aromatic N) is 5. The molecule has 3 heterocycles. The Morgan fingerprint density at radius 1 is 0.973 bits per heavy atom. The molecule has 2 N–H and O–H groups in total. The molecule has 10 nitrogen and oxygen atoms in total. The summed E-state index contributed by atoms with van der Waals surface area (Å²) in [5.41, 5.74) is 1.83. The molecular formula is C26H26N6O4S. The largest absolute Gasteiger partial charge is 0.478 e. The highest BCUT2D eigenvalue weighted by Gasteiger charge is 2.23. The zero-order chi connectivity index (χ0) is 26.0. The van der Waals surface area contributed by atoms with Crippen LogP contribution in [0.3, 0.4) is 0 Å². The van der Waals surface area contributed by atoms with Gasteiger partial charge in [0, 0.05) is 49.6 Å². The molecule has 2 aromatic heterocycles. The topological polar surface area (TPSA) is 129 Å². The van der Waals surface area contributed by atoms with Crippen molar-refractivity contribution in [3.05, 3.63) is 78.1 Å². The second kappa shape index (κ2) is 10.0. The minimum absolute atomic E-state index is 0.0576. The molecule has 37 heavy (non-hydrogen) atoms. The quantitative estimate of drug-likeness (QED) is 0.378. The van der Waals surface area contributed by atoms with Crippen LogP contribution >= 0.6 is 0 Å². The van der Waals surface area contributed by atoms with Crippen LogP contribution in [0.1, 0.15) is 22.8 Å². The molecule has 2 aromatic carbocycles. The number of benzene rings is 2. The first-order valence-electron chi connectivity index (χ1n) is 11.9. The van der Waals surface area contributed by atoms with Crippen LogP contribution < -0.4 is 14.5 Å². The lowest BCUT2D eigenvalue weighted by Gasteiger charge is -2.35. The van der Waals surface area contributed by atoms with Crippen LogP contribution in [0.5, 0.6) is 0 Å². The van der Waals surface area contributed by atoms with Crippen LogP contribution in [0, 0.1) is 0 Å². The summed E-state index contributed by atoms with van der Waals surface area (Å²) in [7, 11) is -3.83. The number of aromatic nitrogens is 3. The second-order valence-corrected chi connectivity index (χ2v) is 10.4. The summed E-state index contributed by atoms with van der Waals surface area (Å²) < 4.78 is 28.3. The molecular weight excluding hydrogens is 492 g/mol. The fourth-order valence-electron chi connectivity index (χ4n) is 4.32. The van der Waals surface area contributed by atoms with E-state index in [1.807, 2.05) is 11.8 Å². The number of nitrogens with one attached hydrogen (secondary N) is 1. The van der Waals surface area contributed by atoms with Gasteiger partial charge in [0.05, 0.1) is 16.0 Å². The molecule has 0 aliphatic carbocycles. The predicted molar refractivity (Wildman–Crippen MR) is 142 cm³/mol. The third-order valence-corrected chi connectivity index (χ3v) is 7.76. The van der Waals surface area contributed by atoms with E-state index in [1.165, 1.54) is 6.07 Å². The van der Waals surface area contributed by atoms with E-state index < -0.39 is 16.0 Å². The number of anilines is 3. The number of carbonyl (C=O) groups is 1. The highest BCUT2D eigenvalue weighted by atomic mass is 32.2. The van der Waals surface area contributed by atoms with Crippen LogP contribution in [0.2, 0.25) is 0 Å². The van der Waals surface area contributed by atoms with Crippen LogP contribution in [0.15, 0.2) is 71.9 Å². The van der Waals surface area contributed by atoms with Gasteiger partial charge in [0.2, 0.25) is 5.95 Å². The van der Waals surface area contributed by atoms with Crippen LogP contribution in [-0.4, -0.2) is 60.6 Å². The molecule has 0 spiro atoms. The number of hydrogen-bond donors (Lipinski definition) is 2. The van der Waals surface area contributed by atoms with E-state index in [-0.39, 0.29) is 16.1 Å². The molecule has 1 saturated heterocycles. The molecule has 0 bridgehead atoms. The number of carboxylic acids is 1. The van der Waals surface area contributed by atoms with Crippen molar-refractivity contribution in [3.8, 4) is 0 Å². The molecule has 1 fully saturated rings. The zero-order valence-electron chi connectivity index (χ0n) is 20.2. The van der Waals surface area contributed by atoms with Gasteiger partial charge in [-0.05, 0) is 54.4 Å². The Kier molecular flexibility index (Phi) is 6.62. The molecule has 1 aliphatic heterocycles. The Morgan fingerprint density at radius 2 is 1.65 bits per heavy atom. The molecule has 4 aromatic rings. The number of aromatic carboxylic acids is 1. The number of pyridine rings is 1. The Labute approximate surface area is 214 Å². The highest BCUT2D eigenvalue weighted by Crippen LogP contribution is 2.28. The predicted octanol–water partition coefficient (Wildman–Crippen LogP) is 3.41. The molecule has 0 unspecified atom stereocenters. The van der Waals surface area contributed by atoms with Crippen molar-refractivity contribution >= 4 is 44.3 Å². The Balaban J connectivity index is 1.40. The van der Waals surface area contributed by atoms with E-state index in [4.69, 9.17) is 4.98 Å². The fourth-order valence-corrected chi connectivity index (χ4v) is 5.37. The standard InChI is InChI=1S/C26H26N6O4S/c1-2-18-4-7-20(8-5-18)37(35,36)30-19-6-9-23-21(16-19)22(25(33)34)17-24(29-23)31-12-14-32(15-13-31)26-27-10-3-11-28-26/h3-11,16-17,30H,2,12-15H2,1H3,(H,33,34). The molecule has 190 valence electrons. The van der Waals surface area contributed by atoms with Crippen molar-refractivity contribution in [1.82, 2.24) is 15.0 Å². The van der Waals surface area contributed by atoms with Crippen molar-refractivity contribution < 1.29 is 18.3 Å². The van der Waals surface area contributed by atoms with Crippen LogP contribution in [0.4, 0.5) is 17.5 Å². The molecule has 0 atom stereocenters. The average molecular weight is 519 g/mol. The zero-order valence-corrected chi connectivity index (χ0v) is 21.0. The van der Waals surface area contributed by atoms with Gasteiger partial charge in [-0.2, -0.15) is 0 Å². The molecule has 0 saturated carbocycles. The fraction of sp³-hybridized carbons (Fsp3) is 0.231. The lowest BCUT2D eigenvalue weighted by molar-refractivity contribution is 0.0699. The lowest BCUT2D eigenvalue weighted by Crippen LogP contribution is -2.47. The second-order valence-electron chi connectivity index (χ2n) is 8.69. The minimum atomic E-state index is -3.83. The molecule has 1 aliphatic rings. The SMILES string of the molecule is CCc1ccc(S(=O)(=O)Nc2ccc3nc(N4CCN(c5ncccn5)CC4)cc(C(=O)O)c3c2)cc1. The van der Waals surface area contributed by atoms with Crippen molar-refractivity contribution in [1.29, 1.82) is 0 Å². The van der Waals surface area contributed by atoms with E-state index in [2.05, 4.69) is 19.6 Å². The maximum Gasteiger partial charge on any atom is 0.336 e. The number of rotatable bonds is 7. The first-order valence-corrected chi connectivity index (χ1v) is 13.4. The number of carboxylic acid groups (broad SMARTS) is 1. The number of fused-ring (bicyclic) bond motifs is 1. The third kappa shape index (κ3) is 5.17. The number of sulfonamides is 1. The number of aryl methyl sites for hydroxylation is 1. The van der Waals surface area contributed by atoms with Gasteiger partial charge >= 0.3 is 5.97 Å². The smallest absolute Gasteiger partial charge is 0.336 e. The van der Waals surface area contributed by atoms with Gasteiger partial charge < -0.3 is 14.9 Å². The Morgan fingerprint density at radius 3 is 2.30 bits per heavy atom. The van der Waals surface area contributed by atoms with E-state index in [9.17, 15) is 18.3 Å². The summed E-state index contributed by atoms with van der Waals surface area (Å²) in [6.45, 7) is 4.60. The first-order chi connectivity index (χ1) is 17.8. The summed E-state index contributed by atoms with van der Waals surface area (Å²) in [4.78, 5) is 29.7.